The zero-order chi connectivity index (χ0) is 27.5. The highest BCUT2D eigenvalue weighted by atomic mass is 35.5. The van der Waals surface area contributed by atoms with Gasteiger partial charge in [0.1, 0.15) is 0 Å². The van der Waals surface area contributed by atoms with E-state index in [1.165, 1.54) is 54.6 Å². The molecule has 0 heterocycles. The van der Waals surface area contributed by atoms with E-state index in [-0.39, 0.29) is 26.1 Å². The number of carbonyl (C=O) groups is 1. The van der Waals surface area contributed by atoms with E-state index in [4.69, 9.17) is 11.6 Å². The van der Waals surface area contributed by atoms with Gasteiger partial charge in [0.25, 0.3) is 26.0 Å². The van der Waals surface area contributed by atoms with Gasteiger partial charge in [0.15, 0.2) is 0 Å². The zero-order valence-electron chi connectivity index (χ0n) is 20.4. The van der Waals surface area contributed by atoms with Gasteiger partial charge in [0.2, 0.25) is 0 Å². The maximum absolute atomic E-state index is 12.9. The van der Waals surface area contributed by atoms with Crippen LogP contribution >= 0.6 is 11.6 Å². The molecule has 3 N–H and O–H groups in total. The van der Waals surface area contributed by atoms with Gasteiger partial charge in [-0.05, 0) is 79.6 Å². The molecule has 0 fully saturated rings. The van der Waals surface area contributed by atoms with Crippen LogP contribution in [0.1, 0.15) is 21.5 Å². The van der Waals surface area contributed by atoms with Gasteiger partial charge < -0.3 is 5.32 Å². The molecule has 0 aliphatic heterocycles. The van der Waals surface area contributed by atoms with E-state index in [0.29, 0.717) is 11.4 Å². The summed E-state index contributed by atoms with van der Waals surface area (Å²) in [5.41, 5.74) is 2.78. The lowest BCUT2D eigenvalue weighted by atomic mass is 10.1. The molecule has 0 radical (unpaired) electrons. The second-order valence-corrected chi connectivity index (χ2v) is 12.2. The van der Waals surface area contributed by atoms with Crippen molar-refractivity contribution >= 4 is 54.6 Å². The summed E-state index contributed by atoms with van der Waals surface area (Å²) < 4.78 is 55.8. The summed E-state index contributed by atoms with van der Waals surface area (Å²) in [6, 6.07) is 23.2. The van der Waals surface area contributed by atoms with Crippen molar-refractivity contribution in [1.82, 2.24) is 0 Å². The predicted octanol–water partition coefficient (Wildman–Crippen LogP) is 5.81. The molecular formula is C27H24ClN3O5S2. The third kappa shape index (κ3) is 6.16. The Labute approximate surface area is 226 Å². The van der Waals surface area contributed by atoms with Crippen molar-refractivity contribution in [3.05, 3.63) is 113 Å². The van der Waals surface area contributed by atoms with Crippen LogP contribution < -0.4 is 14.8 Å². The van der Waals surface area contributed by atoms with Gasteiger partial charge in [-0.15, -0.1) is 0 Å². The molecule has 0 saturated heterocycles. The fraction of sp³-hybridized carbons (Fsp3) is 0.0741. The monoisotopic (exact) mass is 569 g/mol. The van der Waals surface area contributed by atoms with E-state index in [1.54, 1.807) is 18.2 Å². The first-order valence-corrected chi connectivity index (χ1v) is 14.7. The number of hydrogen-bond acceptors (Lipinski definition) is 5. The summed E-state index contributed by atoms with van der Waals surface area (Å²) >= 11 is 6.27. The largest absolute Gasteiger partial charge is 0.322 e. The van der Waals surface area contributed by atoms with Gasteiger partial charge in [-0.3, -0.25) is 14.2 Å². The summed E-state index contributed by atoms with van der Waals surface area (Å²) in [6.07, 6.45) is 0. The maximum Gasteiger partial charge on any atom is 0.261 e. The molecule has 0 aliphatic rings. The van der Waals surface area contributed by atoms with Gasteiger partial charge in [0, 0.05) is 5.69 Å². The number of halogens is 1. The van der Waals surface area contributed by atoms with E-state index >= 15 is 0 Å². The third-order valence-corrected chi connectivity index (χ3v) is 8.73. The molecule has 0 saturated carbocycles. The molecule has 0 atom stereocenters. The molecule has 0 aliphatic carbocycles. The van der Waals surface area contributed by atoms with Gasteiger partial charge in [0.05, 0.1) is 31.8 Å². The van der Waals surface area contributed by atoms with E-state index in [9.17, 15) is 21.6 Å². The van der Waals surface area contributed by atoms with E-state index < -0.39 is 26.0 Å². The van der Waals surface area contributed by atoms with Gasteiger partial charge in [-0.2, -0.15) is 0 Å². The first kappa shape index (κ1) is 27.2. The van der Waals surface area contributed by atoms with Crippen molar-refractivity contribution in [1.29, 1.82) is 0 Å². The quantitative estimate of drug-likeness (QED) is 0.247. The summed E-state index contributed by atoms with van der Waals surface area (Å²) in [4.78, 5) is 12.9. The highest BCUT2D eigenvalue weighted by Crippen LogP contribution is 2.26. The Hall–Kier alpha value is -3.86. The summed E-state index contributed by atoms with van der Waals surface area (Å²) in [5.74, 6) is -0.545. The highest BCUT2D eigenvalue weighted by molar-refractivity contribution is 7.93. The van der Waals surface area contributed by atoms with Crippen LogP contribution in [0.2, 0.25) is 5.02 Å². The average Bonchev–Trinajstić information content (AvgIpc) is 2.87. The molecule has 0 bridgehead atoms. The van der Waals surface area contributed by atoms with Crippen LogP contribution in [-0.4, -0.2) is 22.7 Å². The lowest BCUT2D eigenvalue weighted by Crippen LogP contribution is -2.16. The molecule has 4 aromatic rings. The fourth-order valence-electron chi connectivity index (χ4n) is 3.66. The van der Waals surface area contributed by atoms with Crippen LogP contribution in [0.15, 0.2) is 101 Å². The van der Waals surface area contributed by atoms with Crippen molar-refractivity contribution in [2.45, 2.75) is 23.6 Å². The van der Waals surface area contributed by atoms with Crippen molar-refractivity contribution in [3.63, 3.8) is 0 Å². The molecule has 1 amide bonds. The molecule has 0 aromatic heterocycles. The topological polar surface area (TPSA) is 121 Å². The zero-order valence-corrected chi connectivity index (χ0v) is 22.8. The summed E-state index contributed by atoms with van der Waals surface area (Å²) in [6.45, 7) is 3.64. The first-order valence-electron chi connectivity index (χ1n) is 11.3. The molecule has 0 spiro atoms. The maximum atomic E-state index is 12.9. The third-order valence-electron chi connectivity index (χ3n) is 5.66. The Kier molecular flexibility index (Phi) is 7.77. The minimum absolute atomic E-state index is 0.0336. The summed E-state index contributed by atoms with van der Waals surface area (Å²) in [5, 5.41) is 2.70. The molecule has 4 aromatic carbocycles. The number of nitrogens with one attached hydrogen (secondary N) is 3. The van der Waals surface area contributed by atoms with Gasteiger partial charge in [-0.1, -0.05) is 48.0 Å². The number of para-hydroxylation sites is 1. The summed E-state index contributed by atoms with van der Waals surface area (Å²) in [7, 11) is -7.66. The average molecular weight is 570 g/mol. The van der Waals surface area contributed by atoms with Crippen LogP contribution in [-0.2, 0) is 20.0 Å². The first-order chi connectivity index (χ1) is 18.0. The molecule has 11 heteroatoms. The molecule has 8 nitrogen and oxygen atoms in total. The fourth-order valence-corrected chi connectivity index (χ4v) is 6.20. The predicted molar refractivity (Wildman–Crippen MR) is 150 cm³/mol. The van der Waals surface area contributed by atoms with Crippen LogP contribution in [0.25, 0.3) is 0 Å². The number of aryl methyl sites for hydroxylation is 2. The molecular weight excluding hydrogens is 546 g/mol. The van der Waals surface area contributed by atoms with Gasteiger partial charge in [-0.25, -0.2) is 16.8 Å². The number of sulfonamides is 2. The number of rotatable bonds is 8. The van der Waals surface area contributed by atoms with Gasteiger partial charge >= 0.3 is 0 Å². The van der Waals surface area contributed by atoms with Crippen LogP contribution in [0.3, 0.4) is 0 Å². The molecule has 4 rings (SSSR count). The smallest absolute Gasteiger partial charge is 0.261 e. The van der Waals surface area contributed by atoms with E-state index in [2.05, 4.69) is 14.8 Å². The second kappa shape index (κ2) is 10.9. The lowest BCUT2D eigenvalue weighted by molar-refractivity contribution is 0.102. The standard InChI is InChI=1S/C27H24ClN3O5S2/c1-18-7-6-8-19(2)26(18)31-38(35,36)23-14-11-20(12-15-23)29-27(32)24-16-13-21(17-25(24)28)30-37(33,34)22-9-4-3-5-10-22/h3-17,30-31H,1-2H3,(H,29,32). The van der Waals surface area contributed by atoms with E-state index in [1.807, 2.05) is 32.0 Å². The Balaban J connectivity index is 1.45. The second-order valence-electron chi connectivity index (χ2n) is 8.46. The Morgan fingerprint density at radius 2 is 1.21 bits per heavy atom. The Morgan fingerprint density at radius 1 is 0.658 bits per heavy atom. The minimum Gasteiger partial charge on any atom is -0.322 e. The number of carbonyl (C=O) groups excluding carboxylic acids is 1. The lowest BCUT2D eigenvalue weighted by Gasteiger charge is -2.14. The molecule has 196 valence electrons. The molecule has 38 heavy (non-hydrogen) atoms. The normalized spacial score (nSPS) is 11.6. The van der Waals surface area contributed by atoms with Crippen LogP contribution in [0.5, 0.6) is 0 Å². The van der Waals surface area contributed by atoms with Crippen molar-refractivity contribution in [2.24, 2.45) is 0 Å². The Morgan fingerprint density at radius 3 is 1.82 bits per heavy atom. The minimum atomic E-state index is -3.84. The highest BCUT2D eigenvalue weighted by Gasteiger charge is 2.18. The van der Waals surface area contributed by atoms with Crippen molar-refractivity contribution < 1.29 is 21.6 Å². The number of anilines is 3. The van der Waals surface area contributed by atoms with Crippen LogP contribution in [0, 0.1) is 13.8 Å². The Bertz CT molecular complexity index is 1690. The number of hydrogen-bond donors (Lipinski definition) is 3. The van der Waals surface area contributed by atoms with Crippen LogP contribution in [0.4, 0.5) is 17.1 Å². The SMILES string of the molecule is Cc1cccc(C)c1NS(=O)(=O)c1ccc(NC(=O)c2ccc(NS(=O)(=O)c3ccccc3)cc2Cl)cc1. The number of benzene rings is 4. The van der Waals surface area contributed by atoms with E-state index in [0.717, 1.165) is 11.1 Å². The van der Waals surface area contributed by atoms with Crippen molar-refractivity contribution in [2.75, 3.05) is 14.8 Å². The number of amides is 1. The molecule has 0 unspecified atom stereocenters. The van der Waals surface area contributed by atoms with Crippen molar-refractivity contribution in [3.8, 4) is 0 Å².